The molecule has 76 valence electrons. The summed E-state index contributed by atoms with van der Waals surface area (Å²) >= 11 is 0. The Labute approximate surface area is 86.1 Å². The van der Waals surface area contributed by atoms with Gasteiger partial charge >= 0.3 is 0 Å². The maximum absolute atomic E-state index is 13.7. The van der Waals surface area contributed by atoms with Crippen molar-refractivity contribution in [2.45, 2.75) is 19.8 Å². The van der Waals surface area contributed by atoms with Gasteiger partial charge in [0.15, 0.2) is 5.78 Å². The van der Waals surface area contributed by atoms with Crippen LogP contribution in [-0.2, 0) is 6.42 Å². The summed E-state index contributed by atoms with van der Waals surface area (Å²) in [4.78, 5) is 14.5. The maximum Gasteiger partial charge on any atom is 0.179 e. The standard InChI is InChI=1S/C12H10FNO/c1-6-2-4-8(13)10-7-3-5-9(15)12(7)14-11(6)10/h2,4,14H,3,5H2,1H3. The average molecular weight is 203 g/mol. The second kappa shape index (κ2) is 2.69. The van der Waals surface area contributed by atoms with Gasteiger partial charge in [0.2, 0.25) is 0 Å². The molecule has 1 aromatic heterocycles. The van der Waals surface area contributed by atoms with E-state index in [4.69, 9.17) is 0 Å². The first kappa shape index (κ1) is 8.65. The molecule has 3 heteroatoms. The highest BCUT2D eigenvalue weighted by molar-refractivity contribution is 6.06. The summed E-state index contributed by atoms with van der Waals surface area (Å²) in [6, 6.07) is 3.20. The number of nitrogens with one attached hydrogen (secondary N) is 1. The van der Waals surface area contributed by atoms with Crippen molar-refractivity contribution in [2.75, 3.05) is 0 Å². The molecular formula is C12H10FNO. The molecule has 0 radical (unpaired) electrons. The van der Waals surface area contributed by atoms with E-state index in [0.717, 1.165) is 16.6 Å². The number of fused-ring (bicyclic) bond motifs is 3. The zero-order chi connectivity index (χ0) is 10.6. The Bertz CT molecular complexity index is 583. The summed E-state index contributed by atoms with van der Waals surface area (Å²) in [6.45, 7) is 1.91. The van der Waals surface area contributed by atoms with Crippen LogP contribution in [0.2, 0.25) is 0 Å². The zero-order valence-electron chi connectivity index (χ0n) is 8.36. The van der Waals surface area contributed by atoms with Gasteiger partial charge in [-0.2, -0.15) is 0 Å². The van der Waals surface area contributed by atoms with E-state index in [9.17, 15) is 9.18 Å². The van der Waals surface area contributed by atoms with Crippen molar-refractivity contribution in [1.29, 1.82) is 0 Å². The summed E-state index contributed by atoms with van der Waals surface area (Å²) in [5, 5.41) is 0.607. The lowest BCUT2D eigenvalue weighted by atomic mass is 10.1. The molecule has 0 saturated carbocycles. The fraction of sp³-hybridized carbons (Fsp3) is 0.250. The lowest BCUT2D eigenvalue weighted by Gasteiger charge is -1.99. The molecule has 1 heterocycles. The van der Waals surface area contributed by atoms with Gasteiger partial charge in [-0.15, -0.1) is 0 Å². The number of Topliss-reactive ketones (excluding diaryl/α,β-unsaturated/α-hetero) is 1. The van der Waals surface area contributed by atoms with E-state index in [1.165, 1.54) is 6.07 Å². The van der Waals surface area contributed by atoms with Gasteiger partial charge in [-0.25, -0.2) is 4.39 Å². The van der Waals surface area contributed by atoms with Crippen molar-refractivity contribution < 1.29 is 9.18 Å². The van der Waals surface area contributed by atoms with Gasteiger partial charge in [-0.1, -0.05) is 6.07 Å². The lowest BCUT2D eigenvalue weighted by molar-refractivity contribution is 0.0991. The number of carbonyl (C=O) groups excluding carboxylic acids is 1. The summed E-state index contributed by atoms with van der Waals surface area (Å²) < 4.78 is 13.7. The third kappa shape index (κ3) is 1.00. The van der Waals surface area contributed by atoms with Crippen LogP contribution in [0.1, 0.15) is 28.0 Å². The van der Waals surface area contributed by atoms with Crippen LogP contribution in [0.5, 0.6) is 0 Å². The molecule has 1 N–H and O–H groups in total. The molecule has 0 aliphatic heterocycles. The van der Waals surface area contributed by atoms with Crippen LogP contribution in [0, 0.1) is 12.7 Å². The summed E-state index contributed by atoms with van der Waals surface area (Å²) in [5.41, 5.74) is 3.22. The average Bonchev–Trinajstić information content (AvgIpc) is 2.74. The second-order valence-corrected chi connectivity index (χ2v) is 4.02. The van der Waals surface area contributed by atoms with E-state index in [0.29, 0.717) is 23.9 Å². The first-order valence-corrected chi connectivity index (χ1v) is 5.01. The van der Waals surface area contributed by atoms with Crippen molar-refractivity contribution in [1.82, 2.24) is 4.98 Å². The van der Waals surface area contributed by atoms with Gasteiger partial charge in [-0.05, 0) is 30.5 Å². The number of aryl methyl sites for hydroxylation is 2. The number of aromatic nitrogens is 1. The summed E-state index contributed by atoms with van der Waals surface area (Å²) in [5.74, 6) is -0.136. The monoisotopic (exact) mass is 203 g/mol. The first-order chi connectivity index (χ1) is 7.18. The molecule has 2 nitrogen and oxygen atoms in total. The predicted molar refractivity (Wildman–Crippen MR) is 55.6 cm³/mol. The van der Waals surface area contributed by atoms with Crippen LogP contribution in [-0.4, -0.2) is 10.8 Å². The van der Waals surface area contributed by atoms with Crippen molar-refractivity contribution in [3.05, 3.63) is 34.8 Å². The molecule has 1 aliphatic carbocycles. The van der Waals surface area contributed by atoms with E-state index in [1.807, 2.05) is 6.92 Å². The number of ketones is 1. The summed E-state index contributed by atoms with van der Waals surface area (Å²) in [6.07, 6.45) is 1.17. The number of carbonyl (C=O) groups is 1. The molecule has 0 atom stereocenters. The number of aromatic amines is 1. The van der Waals surface area contributed by atoms with Crippen LogP contribution in [0.3, 0.4) is 0 Å². The molecule has 0 bridgehead atoms. The van der Waals surface area contributed by atoms with Gasteiger partial charge in [-0.3, -0.25) is 4.79 Å². The minimum Gasteiger partial charge on any atom is -0.352 e. The first-order valence-electron chi connectivity index (χ1n) is 5.01. The Morgan fingerprint density at radius 3 is 2.93 bits per heavy atom. The molecule has 3 rings (SSSR count). The highest BCUT2D eigenvalue weighted by atomic mass is 19.1. The Morgan fingerprint density at radius 2 is 2.13 bits per heavy atom. The fourth-order valence-corrected chi connectivity index (χ4v) is 2.31. The number of benzene rings is 1. The Hall–Kier alpha value is -1.64. The van der Waals surface area contributed by atoms with Crippen LogP contribution in [0.25, 0.3) is 10.9 Å². The van der Waals surface area contributed by atoms with E-state index < -0.39 is 0 Å². The van der Waals surface area contributed by atoms with Crippen molar-refractivity contribution in [2.24, 2.45) is 0 Å². The van der Waals surface area contributed by atoms with E-state index in [1.54, 1.807) is 6.07 Å². The zero-order valence-corrected chi connectivity index (χ0v) is 8.36. The molecule has 1 aliphatic rings. The van der Waals surface area contributed by atoms with Crippen LogP contribution in [0.4, 0.5) is 4.39 Å². The largest absolute Gasteiger partial charge is 0.352 e. The highest BCUT2D eigenvalue weighted by Crippen LogP contribution is 2.32. The molecule has 2 aromatic rings. The molecule has 1 aromatic carbocycles. The second-order valence-electron chi connectivity index (χ2n) is 4.02. The minimum absolute atomic E-state index is 0.0972. The van der Waals surface area contributed by atoms with Gasteiger partial charge < -0.3 is 4.98 Å². The van der Waals surface area contributed by atoms with E-state index >= 15 is 0 Å². The smallest absolute Gasteiger partial charge is 0.179 e. The van der Waals surface area contributed by atoms with Crippen LogP contribution in [0.15, 0.2) is 12.1 Å². The van der Waals surface area contributed by atoms with Gasteiger partial charge in [0.1, 0.15) is 5.82 Å². The van der Waals surface area contributed by atoms with Gasteiger partial charge in [0.05, 0.1) is 11.2 Å². The molecule has 0 fully saturated rings. The third-order valence-electron chi connectivity index (χ3n) is 3.10. The number of H-pyrrole nitrogens is 1. The van der Waals surface area contributed by atoms with Gasteiger partial charge in [0, 0.05) is 11.8 Å². The number of rotatable bonds is 0. The topological polar surface area (TPSA) is 32.9 Å². The summed E-state index contributed by atoms with van der Waals surface area (Å²) in [7, 11) is 0. The molecule has 0 unspecified atom stereocenters. The quantitative estimate of drug-likeness (QED) is 0.701. The van der Waals surface area contributed by atoms with E-state index in [-0.39, 0.29) is 11.6 Å². The van der Waals surface area contributed by atoms with Crippen molar-refractivity contribution >= 4 is 16.7 Å². The van der Waals surface area contributed by atoms with Crippen molar-refractivity contribution in [3.8, 4) is 0 Å². The number of hydrogen-bond donors (Lipinski definition) is 1. The molecule has 0 spiro atoms. The van der Waals surface area contributed by atoms with Gasteiger partial charge in [0.25, 0.3) is 0 Å². The van der Waals surface area contributed by atoms with Crippen LogP contribution >= 0.6 is 0 Å². The predicted octanol–water partition coefficient (Wildman–Crippen LogP) is 2.74. The Morgan fingerprint density at radius 1 is 1.33 bits per heavy atom. The Kier molecular flexibility index (Phi) is 1.55. The van der Waals surface area contributed by atoms with Crippen LogP contribution < -0.4 is 0 Å². The molecule has 0 amide bonds. The molecule has 0 saturated heterocycles. The SMILES string of the molecule is Cc1ccc(F)c2c3c([nH]c12)C(=O)CC3. The number of hydrogen-bond acceptors (Lipinski definition) is 1. The number of halogens is 1. The molecule has 15 heavy (non-hydrogen) atoms. The van der Waals surface area contributed by atoms with E-state index in [2.05, 4.69) is 4.98 Å². The molecular weight excluding hydrogens is 193 g/mol. The minimum atomic E-state index is -0.234. The van der Waals surface area contributed by atoms with Crippen molar-refractivity contribution in [3.63, 3.8) is 0 Å². The highest BCUT2D eigenvalue weighted by Gasteiger charge is 2.26. The fourth-order valence-electron chi connectivity index (χ4n) is 2.31. The maximum atomic E-state index is 13.7. The third-order valence-corrected chi connectivity index (χ3v) is 3.10. The normalized spacial score (nSPS) is 14.9. The Balaban J connectivity index is 2.49. The lowest BCUT2D eigenvalue weighted by Crippen LogP contribution is -1.91.